The summed E-state index contributed by atoms with van der Waals surface area (Å²) in [6, 6.07) is 19.9. The minimum atomic E-state index is 0.518. The first-order chi connectivity index (χ1) is 10.3. The van der Waals surface area contributed by atoms with Crippen molar-refractivity contribution in [3.05, 3.63) is 71.9 Å². The van der Waals surface area contributed by atoms with E-state index in [2.05, 4.69) is 71.8 Å². The second-order valence-electron chi connectivity index (χ2n) is 5.71. The summed E-state index contributed by atoms with van der Waals surface area (Å²) in [7, 11) is 0. The molecule has 1 aromatic heterocycles. The third kappa shape index (κ3) is 3.73. The second kappa shape index (κ2) is 6.59. The lowest BCUT2D eigenvalue weighted by Crippen LogP contribution is -2.25. The van der Waals surface area contributed by atoms with E-state index >= 15 is 0 Å². The van der Waals surface area contributed by atoms with E-state index in [9.17, 15) is 0 Å². The minimum Gasteiger partial charge on any atom is -0.361 e. The van der Waals surface area contributed by atoms with Gasteiger partial charge in [0.05, 0.1) is 0 Å². The quantitative estimate of drug-likeness (QED) is 0.692. The van der Waals surface area contributed by atoms with Crippen molar-refractivity contribution in [2.24, 2.45) is 0 Å². The highest BCUT2D eigenvalue weighted by molar-refractivity contribution is 5.79. The van der Waals surface area contributed by atoms with Gasteiger partial charge in [-0.05, 0) is 48.4 Å². The van der Waals surface area contributed by atoms with Gasteiger partial charge in [-0.2, -0.15) is 0 Å². The second-order valence-corrected chi connectivity index (χ2v) is 5.71. The van der Waals surface area contributed by atoms with Crippen LogP contribution in [0.3, 0.4) is 0 Å². The Hall–Kier alpha value is -2.06. The number of H-pyrrole nitrogens is 1. The van der Waals surface area contributed by atoms with Gasteiger partial charge in [0.1, 0.15) is 0 Å². The Morgan fingerprint density at radius 1 is 1.00 bits per heavy atom. The fraction of sp³-hybridized carbons (Fsp3) is 0.263. The van der Waals surface area contributed by atoms with Gasteiger partial charge in [0, 0.05) is 24.3 Å². The monoisotopic (exact) mass is 278 g/mol. The maximum Gasteiger partial charge on any atom is 0.0457 e. The first-order valence-corrected chi connectivity index (χ1v) is 7.64. The van der Waals surface area contributed by atoms with Crippen LogP contribution in [0.5, 0.6) is 0 Å². The molecule has 0 radical (unpaired) electrons. The summed E-state index contributed by atoms with van der Waals surface area (Å²) in [6.45, 7) is 3.18. The molecule has 0 amide bonds. The standard InChI is InChI=1S/C19H22N2/c1-15(7-8-16-5-3-2-4-6-16)21-14-17-9-10-18-11-12-20-19(18)13-17/h2-6,9-13,15,20-21H,7-8,14H2,1H3. The van der Waals surface area contributed by atoms with E-state index < -0.39 is 0 Å². The average molecular weight is 278 g/mol. The van der Waals surface area contributed by atoms with E-state index in [4.69, 9.17) is 0 Å². The van der Waals surface area contributed by atoms with Crippen LogP contribution >= 0.6 is 0 Å². The number of hydrogen-bond acceptors (Lipinski definition) is 1. The molecule has 21 heavy (non-hydrogen) atoms. The minimum absolute atomic E-state index is 0.518. The van der Waals surface area contributed by atoms with Crippen molar-refractivity contribution in [2.75, 3.05) is 0 Å². The predicted molar refractivity (Wildman–Crippen MR) is 89.4 cm³/mol. The lowest BCUT2D eigenvalue weighted by atomic mass is 10.1. The van der Waals surface area contributed by atoms with Crippen molar-refractivity contribution >= 4 is 10.9 Å². The summed E-state index contributed by atoms with van der Waals surface area (Å²) < 4.78 is 0. The van der Waals surface area contributed by atoms with Gasteiger partial charge in [0.2, 0.25) is 0 Å². The highest BCUT2D eigenvalue weighted by Crippen LogP contribution is 2.14. The molecule has 0 bridgehead atoms. The molecule has 0 aliphatic carbocycles. The Morgan fingerprint density at radius 2 is 1.86 bits per heavy atom. The summed E-state index contributed by atoms with van der Waals surface area (Å²) in [5.74, 6) is 0. The normalized spacial score (nSPS) is 12.6. The molecule has 2 nitrogen and oxygen atoms in total. The highest BCUT2D eigenvalue weighted by atomic mass is 14.9. The molecule has 2 aromatic carbocycles. The summed E-state index contributed by atoms with van der Waals surface area (Å²) in [5.41, 5.74) is 3.96. The Labute approximate surface area is 126 Å². The first kappa shape index (κ1) is 13.9. The zero-order chi connectivity index (χ0) is 14.5. The highest BCUT2D eigenvalue weighted by Gasteiger charge is 2.03. The van der Waals surface area contributed by atoms with Crippen LogP contribution in [0.1, 0.15) is 24.5 Å². The van der Waals surface area contributed by atoms with Crippen LogP contribution in [0.2, 0.25) is 0 Å². The number of hydrogen-bond donors (Lipinski definition) is 2. The summed E-state index contributed by atoms with van der Waals surface area (Å²) >= 11 is 0. The number of aryl methyl sites for hydroxylation is 1. The molecule has 1 heterocycles. The number of rotatable bonds is 6. The van der Waals surface area contributed by atoms with Gasteiger partial charge in [-0.1, -0.05) is 42.5 Å². The van der Waals surface area contributed by atoms with E-state index in [1.54, 1.807) is 0 Å². The van der Waals surface area contributed by atoms with Crippen LogP contribution in [0, 0.1) is 0 Å². The number of nitrogens with one attached hydrogen (secondary N) is 2. The van der Waals surface area contributed by atoms with Crippen LogP contribution in [-0.4, -0.2) is 11.0 Å². The van der Waals surface area contributed by atoms with Gasteiger partial charge in [-0.15, -0.1) is 0 Å². The zero-order valence-electron chi connectivity index (χ0n) is 12.5. The van der Waals surface area contributed by atoms with Gasteiger partial charge in [0.15, 0.2) is 0 Å². The lowest BCUT2D eigenvalue weighted by Gasteiger charge is -2.14. The van der Waals surface area contributed by atoms with Crippen LogP contribution in [0.4, 0.5) is 0 Å². The third-order valence-corrected chi connectivity index (χ3v) is 3.98. The van der Waals surface area contributed by atoms with Crippen molar-refractivity contribution in [3.63, 3.8) is 0 Å². The van der Waals surface area contributed by atoms with Crippen molar-refractivity contribution < 1.29 is 0 Å². The fourth-order valence-electron chi connectivity index (χ4n) is 2.63. The van der Waals surface area contributed by atoms with Crippen LogP contribution in [-0.2, 0) is 13.0 Å². The Balaban J connectivity index is 1.49. The number of aromatic nitrogens is 1. The third-order valence-electron chi connectivity index (χ3n) is 3.98. The smallest absolute Gasteiger partial charge is 0.0457 e. The molecule has 0 saturated heterocycles. The Bertz CT molecular complexity index is 685. The lowest BCUT2D eigenvalue weighted by molar-refractivity contribution is 0.514. The van der Waals surface area contributed by atoms with Gasteiger partial charge >= 0.3 is 0 Å². The van der Waals surface area contributed by atoms with Gasteiger partial charge < -0.3 is 10.3 Å². The number of benzene rings is 2. The largest absolute Gasteiger partial charge is 0.361 e. The number of fused-ring (bicyclic) bond motifs is 1. The molecule has 0 spiro atoms. The van der Waals surface area contributed by atoms with Gasteiger partial charge in [0.25, 0.3) is 0 Å². The van der Waals surface area contributed by atoms with Crippen molar-refractivity contribution in [1.29, 1.82) is 0 Å². The molecular weight excluding hydrogens is 256 g/mol. The summed E-state index contributed by atoms with van der Waals surface area (Å²) in [5, 5.41) is 4.89. The van der Waals surface area contributed by atoms with Crippen molar-refractivity contribution in [1.82, 2.24) is 10.3 Å². The molecule has 1 atom stereocenters. The molecular formula is C19H22N2. The molecule has 3 aromatic rings. The van der Waals surface area contributed by atoms with E-state index in [-0.39, 0.29) is 0 Å². The molecule has 2 heteroatoms. The molecule has 0 saturated carbocycles. The summed E-state index contributed by atoms with van der Waals surface area (Å²) in [4.78, 5) is 3.27. The fourth-order valence-corrected chi connectivity index (χ4v) is 2.63. The first-order valence-electron chi connectivity index (χ1n) is 7.64. The molecule has 3 rings (SSSR count). The molecule has 0 aliphatic heterocycles. The van der Waals surface area contributed by atoms with Crippen molar-refractivity contribution in [3.8, 4) is 0 Å². The molecule has 0 aliphatic rings. The van der Waals surface area contributed by atoms with E-state index in [1.807, 2.05) is 6.20 Å². The number of aromatic amines is 1. The van der Waals surface area contributed by atoms with E-state index in [0.717, 1.165) is 19.4 Å². The maximum absolute atomic E-state index is 3.61. The van der Waals surface area contributed by atoms with E-state index in [1.165, 1.54) is 22.0 Å². The predicted octanol–water partition coefficient (Wildman–Crippen LogP) is 4.28. The molecule has 108 valence electrons. The topological polar surface area (TPSA) is 27.8 Å². The average Bonchev–Trinajstić information content (AvgIpc) is 2.99. The Kier molecular flexibility index (Phi) is 4.37. The van der Waals surface area contributed by atoms with Crippen LogP contribution in [0.25, 0.3) is 10.9 Å². The molecule has 0 fully saturated rings. The van der Waals surface area contributed by atoms with Gasteiger partial charge in [-0.3, -0.25) is 0 Å². The van der Waals surface area contributed by atoms with E-state index in [0.29, 0.717) is 6.04 Å². The molecule has 2 N–H and O–H groups in total. The van der Waals surface area contributed by atoms with Crippen molar-refractivity contribution in [2.45, 2.75) is 32.4 Å². The summed E-state index contributed by atoms with van der Waals surface area (Å²) in [6.07, 6.45) is 4.28. The zero-order valence-corrected chi connectivity index (χ0v) is 12.5. The Morgan fingerprint density at radius 3 is 2.71 bits per heavy atom. The van der Waals surface area contributed by atoms with Gasteiger partial charge in [-0.25, -0.2) is 0 Å². The van der Waals surface area contributed by atoms with Crippen LogP contribution < -0.4 is 5.32 Å². The SMILES string of the molecule is CC(CCc1ccccc1)NCc1ccc2cc[nH]c2c1. The molecule has 1 unspecified atom stereocenters. The van der Waals surface area contributed by atoms with Crippen LogP contribution in [0.15, 0.2) is 60.8 Å². The maximum atomic E-state index is 3.61.